The normalized spacial score (nSPS) is 13.0. The van der Waals surface area contributed by atoms with E-state index in [4.69, 9.17) is 14.6 Å². The van der Waals surface area contributed by atoms with Crippen LogP contribution < -0.4 is 9.47 Å². The summed E-state index contributed by atoms with van der Waals surface area (Å²) < 4.78 is 22.5. The molecule has 5 heteroatoms. The van der Waals surface area contributed by atoms with Gasteiger partial charge in [0.25, 0.3) is 0 Å². The minimum Gasteiger partial charge on any atom is -0.478 e. The lowest BCUT2D eigenvalue weighted by Crippen LogP contribution is -1.99. The maximum Gasteiger partial charge on any atom is 0.339 e. The molecular weight excluding hydrogens is 179 g/mol. The second-order valence-corrected chi connectivity index (χ2v) is 2.46. The average molecular weight is 184 g/mol. The molecular formula is C8H5FO4. The van der Waals surface area contributed by atoms with Crippen LogP contribution in [0, 0.1) is 5.82 Å². The summed E-state index contributed by atoms with van der Waals surface area (Å²) in [5.41, 5.74) is -0.0890. The van der Waals surface area contributed by atoms with Gasteiger partial charge in [-0.3, -0.25) is 0 Å². The fourth-order valence-electron chi connectivity index (χ4n) is 1.13. The summed E-state index contributed by atoms with van der Waals surface area (Å²) in [5.74, 6) is -1.94. The van der Waals surface area contributed by atoms with Crippen LogP contribution in [-0.4, -0.2) is 17.9 Å². The molecule has 1 N–H and O–H groups in total. The molecule has 1 heterocycles. The average Bonchev–Trinajstić information content (AvgIpc) is 2.53. The molecule has 4 nitrogen and oxygen atoms in total. The number of fused-ring (bicyclic) bond motifs is 1. The van der Waals surface area contributed by atoms with Crippen molar-refractivity contribution >= 4 is 5.97 Å². The molecule has 68 valence electrons. The first kappa shape index (κ1) is 7.85. The van der Waals surface area contributed by atoms with Gasteiger partial charge in [-0.25, -0.2) is 9.18 Å². The van der Waals surface area contributed by atoms with Gasteiger partial charge in [0.2, 0.25) is 12.5 Å². The second-order valence-electron chi connectivity index (χ2n) is 2.46. The molecule has 1 aromatic carbocycles. The van der Waals surface area contributed by atoms with Crippen LogP contribution in [0.25, 0.3) is 0 Å². The van der Waals surface area contributed by atoms with E-state index in [1.165, 1.54) is 0 Å². The Labute approximate surface area is 72.5 Å². The first-order valence-corrected chi connectivity index (χ1v) is 3.51. The van der Waals surface area contributed by atoms with Crippen LogP contribution in [0.15, 0.2) is 12.1 Å². The summed E-state index contributed by atoms with van der Waals surface area (Å²) in [4.78, 5) is 10.6. The van der Waals surface area contributed by atoms with Crippen molar-refractivity contribution in [1.29, 1.82) is 0 Å². The highest BCUT2D eigenvalue weighted by molar-refractivity contribution is 5.92. The third-order valence-corrected chi connectivity index (χ3v) is 1.70. The van der Waals surface area contributed by atoms with Gasteiger partial charge in [-0.2, -0.15) is 0 Å². The molecule has 1 aromatic rings. The van der Waals surface area contributed by atoms with Crippen LogP contribution in [0.1, 0.15) is 10.4 Å². The Hall–Kier alpha value is -1.78. The van der Waals surface area contributed by atoms with Gasteiger partial charge in [-0.15, -0.1) is 0 Å². The van der Waals surface area contributed by atoms with Crippen LogP contribution >= 0.6 is 0 Å². The summed E-state index contributed by atoms with van der Waals surface area (Å²) in [6.45, 7) is -0.142. The molecule has 0 saturated heterocycles. The Morgan fingerprint density at radius 3 is 2.77 bits per heavy atom. The number of aromatic carboxylic acids is 1. The van der Waals surface area contributed by atoms with Gasteiger partial charge in [0, 0.05) is 0 Å². The highest BCUT2D eigenvalue weighted by atomic mass is 19.1. The molecule has 0 aliphatic carbocycles. The Kier molecular flexibility index (Phi) is 1.58. The number of hydrogen-bond donors (Lipinski definition) is 1. The minimum absolute atomic E-state index is 0.0347. The fraction of sp³-hybridized carbons (Fsp3) is 0.125. The first-order valence-electron chi connectivity index (χ1n) is 3.51. The van der Waals surface area contributed by atoms with E-state index in [1.807, 2.05) is 0 Å². The number of carboxylic acid groups (broad SMARTS) is 1. The summed E-state index contributed by atoms with van der Waals surface area (Å²) in [5, 5.41) is 8.68. The maximum absolute atomic E-state index is 12.9. The van der Waals surface area contributed by atoms with Crippen molar-refractivity contribution < 1.29 is 23.8 Å². The van der Waals surface area contributed by atoms with Gasteiger partial charge in [-0.05, 0) is 12.1 Å². The van der Waals surface area contributed by atoms with Gasteiger partial charge < -0.3 is 14.6 Å². The monoisotopic (exact) mass is 184 g/mol. The van der Waals surface area contributed by atoms with E-state index < -0.39 is 11.8 Å². The topological polar surface area (TPSA) is 55.8 Å². The lowest BCUT2D eigenvalue weighted by Gasteiger charge is -2.00. The molecule has 0 unspecified atom stereocenters. The second kappa shape index (κ2) is 2.62. The molecule has 1 aliphatic heterocycles. The first-order chi connectivity index (χ1) is 6.20. The third-order valence-electron chi connectivity index (χ3n) is 1.70. The fourth-order valence-corrected chi connectivity index (χ4v) is 1.13. The Morgan fingerprint density at radius 2 is 2.08 bits per heavy atom. The van der Waals surface area contributed by atoms with Gasteiger partial charge in [0.15, 0.2) is 11.6 Å². The van der Waals surface area contributed by atoms with Crippen molar-refractivity contribution in [3.05, 3.63) is 23.5 Å². The van der Waals surface area contributed by atoms with Crippen LogP contribution in [0.4, 0.5) is 4.39 Å². The van der Waals surface area contributed by atoms with Crippen molar-refractivity contribution in [3.63, 3.8) is 0 Å². The standard InChI is InChI=1S/C8H5FO4/c9-5-2-1-4(8(10)11)6-7(5)13-3-12-6/h1-2H,3H2,(H,10,11). The SMILES string of the molecule is O=C(O)c1ccc(F)c2c1OCO2. The summed E-state index contributed by atoms with van der Waals surface area (Å²) in [6, 6.07) is 2.18. The van der Waals surface area contributed by atoms with E-state index in [0.717, 1.165) is 12.1 Å². The third kappa shape index (κ3) is 1.09. The number of hydrogen-bond acceptors (Lipinski definition) is 3. The van der Waals surface area contributed by atoms with Crippen LogP contribution in [0.2, 0.25) is 0 Å². The number of ether oxygens (including phenoxy) is 2. The molecule has 0 atom stereocenters. The molecule has 0 fully saturated rings. The maximum atomic E-state index is 12.9. The number of carbonyl (C=O) groups is 1. The predicted octanol–water partition coefficient (Wildman–Crippen LogP) is 1.25. The Bertz CT molecular complexity index is 375. The zero-order valence-electron chi connectivity index (χ0n) is 6.41. The van der Waals surface area contributed by atoms with Crippen molar-refractivity contribution in [2.45, 2.75) is 0 Å². The predicted molar refractivity (Wildman–Crippen MR) is 39.5 cm³/mol. The number of rotatable bonds is 1. The molecule has 0 bridgehead atoms. The van der Waals surface area contributed by atoms with Gasteiger partial charge in [-0.1, -0.05) is 0 Å². The quantitative estimate of drug-likeness (QED) is 0.713. The van der Waals surface area contributed by atoms with Gasteiger partial charge in [0.05, 0.1) is 0 Å². The van der Waals surface area contributed by atoms with E-state index in [9.17, 15) is 9.18 Å². The Balaban J connectivity index is 2.62. The lowest BCUT2D eigenvalue weighted by molar-refractivity contribution is 0.0692. The van der Waals surface area contributed by atoms with Gasteiger partial charge >= 0.3 is 5.97 Å². The van der Waals surface area contributed by atoms with Crippen molar-refractivity contribution in [3.8, 4) is 11.5 Å². The van der Waals surface area contributed by atoms with Crippen LogP contribution in [0.5, 0.6) is 11.5 Å². The largest absolute Gasteiger partial charge is 0.478 e. The number of benzene rings is 1. The van der Waals surface area contributed by atoms with Crippen molar-refractivity contribution in [2.24, 2.45) is 0 Å². The highest BCUT2D eigenvalue weighted by Gasteiger charge is 2.25. The molecule has 2 rings (SSSR count). The smallest absolute Gasteiger partial charge is 0.339 e. The number of carboxylic acids is 1. The van der Waals surface area contributed by atoms with Crippen molar-refractivity contribution in [1.82, 2.24) is 0 Å². The molecule has 0 amide bonds. The zero-order valence-corrected chi connectivity index (χ0v) is 6.41. The molecule has 0 radical (unpaired) electrons. The Morgan fingerprint density at radius 1 is 1.38 bits per heavy atom. The van der Waals surface area contributed by atoms with E-state index in [1.54, 1.807) is 0 Å². The molecule has 1 aliphatic rings. The summed E-state index contributed by atoms with van der Waals surface area (Å²) in [7, 11) is 0. The summed E-state index contributed by atoms with van der Waals surface area (Å²) in [6.07, 6.45) is 0. The number of halogens is 1. The van der Waals surface area contributed by atoms with Crippen molar-refractivity contribution in [2.75, 3.05) is 6.79 Å². The molecule has 13 heavy (non-hydrogen) atoms. The lowest BCUT2D eigenvalue weighted by atomic mass is 10.2. The zero-order chi connectivity index (χ0) is 9.42. The van der Waals surface area contributed by atoms with Gasteiger partial charge in [0.1, 0.15) is 5.56 Å². The van der Waals surface area contributed by atoms with Crippen LogP contribution in [0.3, 0.4) is 0 Å². The van der Waals surface area contributed by atoms with Crippen LogP contribution in [-0.2, 0) is 0 Å². The molecule has 0 spiro atoms. The highest BCUT2D eigenvalue weighted by Crippen LogP contribution is 2.37. The van der Waals surface area contributed by atoms with E-state index in [-0.39, 0.29) is 23.9 Å². The van der Waals surface area contributed by atoms with E-state index in [2.05, 4.69) is 0 Å². The van der Waals surface area contributed by atoms with E-state index in [0.29, 0.717) is 0 Å². The minimum atomic E-state index is -1.17. The molecule has 0 saturated carbocycles. The summed E-state index contributed by atoms with van der Waals surface area (Å²) >= 11 is 0. The molecule has 0 aromatic heterocycles. The van der Waals surface area contributed by atoms with E-state index >= 15 is 0 Å².